The van der Waals surface area contributed by atoms with Crippen molar-refractivity contribution < 1.29 is 17.9 Å². The number of benzene rings is 1. The monoisotopic (exact) mass is 375 g/mol. The lowest BCUT2D eigenvalue weighted by molar-refractivity contribution is -0.118. The van der Waals surface area contributed by atoms with Crippen molar-refractivity contribution in [2.24, 2.45) is 0 Å². The highest BCUT2D eigenvalue weighted by Gasteiger charge is 2.27. The van der Waals surface area contributed by atoms with Crippen LogP contribution >= 0.6 is 0 Å². The smallest absolute Gasteiger partial charge is 0.263 e. The number of carbonyl (C=O) groups is 1. The van der Waals surface area contributed by atoms with Gasteiger partial charge in [-0.1, -0.05) is 17.7 Å². The number of amides is 1. The summed E-state index contributed by atoms with van der Waals surface area (Å²) in [5.41, 5.74) is 1.84. The molecule has 1 aromatic heterocycles. The number of aryl methyl sites for hydroxylation is 1. The summed E-state index contributed by atoms with van der Waals surface area (Å²) < 4.78 is 28.4. The van der Waals surface area contributed by atoms with E-state index in [1.54, 1.807) is 18.3 Å². The van der Waals surface area contributed by atoms with E-state index in [0.29, 0.717) is 18.0 Å². The van der Waals surface area contributed by atoms with Crippen molar-refractivity contribution in [2.75, 3.05) is 28.7 Å². The molecule has 1 saturated heterocycles. The Balaban J connectivity index is 1.47. The van der Waals surface area contributed by atoms with Crippen LogP contribution in [0.25, 0.3) is 0 Å². The van der Waals surface area contributed by atoms with E-state index >= 15 is 0 Å². The highest BCUT2D eigenvalue weighted by Crippen LogP contribution is 2.18. The van der Waals surface area contributed by atoms with Crippen molar-refractivity contribution in [1.82, 2.24) is 4.98 Å². The van der Waals surface area contributed by atoms with Crippen LogP contribution in [0.1, 0.15) is 12.0 Å². The molecule has 0 saturated carbocycles. The van der Waals surface area contributed by atoms with Gasteiger partial charge in [-0.2, -0.15) is 0 Å². The second-order valence-electron chi connectivity index (χ2n) is 6.33. The minimum atomic E-state index is -2.93. The molecule has 1 atom stereocenters. The van der Waals surface area contributed by atoms with Crippen LogP contribution in [0.3, 0.4) is 0 Å². The Labute approximate surface area is 152 Å². The van der Waals surface area contributed by atoms with Crippen molar-refractivity contribution in [2.45, 2.75) is 19.4 Å². The first-order valence-electron chi connectivity index (χ1n) is 8.32. The van der Waals surface area contributed by atoms with E-state index < -0.39 is 9.84 Å². The second kappa shape index (κ2) is 7.74. The average molecular weight is 375 g/mol. The topological polar surface area (TPSA) is 97.4 Å². The van der Waals surface area contributed by atoms with Gasteiger partial charge in [-0.05, 0) is 37.6 Å². The van der Waals surface area contributed by atoms with Crippen LogP contribution in [0.15, 0.2) is 42.6 Å². The zero-order chi connectivity index (χ0) is 18.6. The predicted molar refractivity (Wildman–Crippen MR) is 100 cm³/mol. The van der Waals surface area contributed by atoms with E-state index in [2.05, 4.69) is 15.6 Å². The van der Waals surface area contributed by atoms with Gasteiger partial charge in [0.2, 0.25) is 0 Å². The van der Waals surface area contributed by atoms with Crippen LogP contribution in [-0.4, -0.2) is 43.5 Å². The molecule has 7 nitrogen and oxygen atoms in total. The Bertz CT molecular complexity index is 864. The van der Waals surface area contributed by atoms with Crippen molar-refractivity contribution in [1.29, 1.82) is 0 Å². The molecule has 26 heavy (non-hydrogen) atoms. The molecular weight excluding hydrogens is 354 g/mol. The number of pyridine rings is 1. The van der Waals surface area contributed by atoms with Crippen LogP contribution < -0.4 is 15.4 Å². The fourth-order valence-electron chi connectivity index (χ4n) is 2.66. The summed E-state index contributed by atoms with van der Waals surface area (Å²) in [5.74, 6) is 1.09. The number of nitrogens with zero attached hydrogens (tertiary/aromatic N) is 1. The number of ether oxygens (including phenoxy) is 1. The molecule has 2 aromatic rings. The minimum Gasteiger partial charge on any atom is -0.484 e. The zero-order valence-electron chi connectivity index (χ0n) is 14.4. The van der Waals surface area contributed by atoms with Gasteiger partial charge in [0, 0.05) is 6.04 Å². The molecule has 1 amide bonds. The third kappa shape index (κ3) is 5.19. The van der Waals surface area contributed by atoms with E-state index in [0.717, 1.165) is 11.3 Å². The van der Waals surface area contributed by atoms with Gasteiger partial charge in [0.1, 0.15) is 11.6 Å². The molecule has 1 aromatic carbocycles. The molecule has 1 aliphatic rings. The lowest BCUT2D eigenvalue weighted by atomic mass is 10.2. The Morgan fingerprint density at radius 2 is 2.00 bits per heavy atom. The molecule has 0 bridgehead atoms. The van der Waals surface area contributed by atoms with Crippen molar-refractivity contribution >= 4 is 27.2 Å². The number of rotatable bonds is 6. The Morgan fingerprint density at radius 3 is 2.62 bits per heavy atom. The van der Waals surface area contributed by atoms with Gasteiger partial charge >= 0.3 is 0 Å². The van der Waals surface area contributed by atoms with Gasteiger partial charge in [-0.3, -0.25) is 4.79 Å². The van der Waals surface area contributed by atoms with E-state index in [1.807, 2.05) is 31.2 Å². The molecule has 2 heterocycles. The number of aromatic nitrogens is 1. The molecule has 1 unspecified atom stereocenters. The third-order valence-corrected chi connectivity index (χ3v) is 5.79. The molecular formula is C18H21N3O4S. The fourth-order valence-corrected chi connectivity index (χ4v) is 4.33. The number of carbonyl (C=O) groups excluding carboxylic acids is 1. The molecule has 0 aliphatic carbocycles. The fraction of sp³-hybridized carbons (Fsp3) is 0.333. The molecule has 2 N–H and O–H groups in total. The number of sulfone groups is 1. The SMILES string of the molecule is Cc1ccc(OCC(=O)Nc2ccc(NC3CCS(=O)(=O)C3)cn2)cc1. The Morgan fingerprint density at radius 1 is 1.23 bits per heavy atom. The summed E-state index contributed by atoms with van der Waals surface area (Å²) in [5, 5.41) is 5.81. The van der Waals surface area contributed by atoms with Crippen LogP contribution in [0.2, 0.25) is 0 Å². The van der Waals surface area contributed by atoms with E-state index in [-0.39, 0.29) is 30.1 Å². The lowest BCUT2D eigenvalue weighted by Gasteiger charge is -2.12. The second-order valence-corrected chi connectivity index (χ2v) is 8.56. The standard InChI is InChI=1S/C18H21N3O4S/c1-13-2-5-16(6-3-13)25-11-18(22)21-17-7-4-14(10-19-17)20-15-8-9-26(23,24)12-15/h2-7,10,15,20H,8-9,11-12H2,1H3,(H,19,21,22). The van der Waals surface area contributed by atoms with E-state index in [4.69, 9.17) is 4.74 Å². The molecule has 138 valence electrons. The first-order valence-corrected chi connectivity index (χ1v) is 10.1. The van der Waals surface area contributed by atoms with Crippen LogP contribution in [0.5, 0.6) is 5.75 Å². The van der Waals surface area contributed by atoms with Crippen molar-refractivity contribution in [3.8, 4) is 5.75 Å². The van der Waals surface area contributed by atoms with E-state index in [9.17, 15) is 13.2 Å². The summed E-state index contributed by atoms with van der Waals surface area (Å²) in [6.45, 7) is 1.87. The number of anilines is 2. The summed E-state index contributed by atoms with van der Waals surface area (Å²) in [4.78, 5) is 16.1. The predicted octanol–water partition coefficient (Wildman–Crippen LogP) is 2.01. The largest absolute Gasteiger partial charge is 0.484 e. The molecule has 1 aliphatic heterocycles. The maximum atomic E-state index is 11.9. The molecule has 8 heteroatoms. The van der Waals surface area contributed by atoms with Crippen LogP contribution in [0.4, 0.5) is 11.5 Å². The molecule has 3 rings (SSSR count). The number of hydrogen-bond donors (Lipinski definition) is 2. The summed E-state index contributed by atoms with van der Waals surface area (Å²) in [7, 11) is -2.93. The van der Waals surface area contributed by atoms with Gasteiger partial charge in [-0.25, -0.2) is 13.4 Å². The maximum Gasteiger partial charge on any atom is 0.263 e. The van der Waals surface area contributed by atoms with Crippen LogP contribution in [-0.2, 0) is 14.6 Å². The highest BCUT2D eigenvalue weighted by atomic mass is 32.2. The lowest BCUT2D eigenvalue weighted by Crippen LogP contribution is -2.22. The zero-order valence-corrected chi connectivity index (χ0v) is 15.3. The number of nitrogens with one attached hydrogen (secondary N) is 2. The first kappa shape index (κ1) is 18.2. The number of hydrogen-bond acceptors (Lipinski definition) is 6. The Kier molecular flexibility index (Phi) is 5.41. The molecule has 0 radical (unpaired) electrons. The average Bonchev–Trinajstić information content (AvgIpc) is 2.95. The van der Waals surface area contributed by atoms with Gasteiger partial charge in [0.25, 0.3) is 5.91 Å². The van der Waals surface area contributed by atoms with Gasteiger partial charge in [-0.15, -0.1) is 0 Å². The molecule has 1 fully saturated rings. The molecule has 0 spiro atoms. The minimum absolute atomic E-state index is 0.0925. The van der Waals surface area contributed by atoms with Crippen molar-refractivity contribution in [3.63, 3.8) is 0 Å². The van der Waals surface area contributed by atoms with Gasteiger partial charge in [0.15, 0.2) is 16.4 Å². The first-order chi connectivity index (χ1) is 12.4. The summed E-state index contributed by atoms with van der Waals surface area (Å²) in [6.07, 6.45) is 2.17. The van der Waals surface area contributed by atoms with E-state index in [1.165, 1.54) is 0 Å². The van der Waals surface area contributed by atoms with Crippen molar-refractivity contribution in [3.05, 3.63) is 48.2 Å². The highest BCUT2D eigenvalue weighted by molar-refractivity contribution is 7.91. The summed E-state index contributed by atoms with van der Waals surface area (Å²) >= 11 is 0. The summed E-state index contributed by atoms with van der Waals surface area (Å²) in [6, 6.07) is 10.8. The maximum absolute atomic E-state index is 11.9. The Hall–Kier alpha value is -2.61. The quantitative estimate of drug-likeness (QED) is 0.802. The van der Waals surface area contributed by atoms with Crippen LogP contribution in [0, 0.1) is 6.92 Å². The van der Waals surface area contributed by atoms with Gasteiger partial charge in [0.05, 0.1) is 23.4 Å². The normalized spacial score (nSPS) is 18.3. The third-order valence-electron chi connectivity index (χ3n) is 4.03. The van der Waals surface area contributed by atoms with Gasteiger partial charge < -0.3 is 15.4 Å².